The number of carboxylic acid groups (broad SMARTS) is 1. The van der Waals surface area contributed by atoms with Crippen LogP contribution in [-0.2, 0) is 9.59 Å². The van der Waals surface area contributed by atoms with Crippen LogP contribution in [0.25, 0.3) is 0 Å². The Morgan fingerprint density at radius 3 is 2.78 bits per heavy atom. The molecule has 1 fully saturated rings. The third-order valence-electron chi connectivity index (χ3n) is 3.93. The second-order valence-electron chi connectivity index (χ2n) is 5.79. The monoisotopic (exact) mass is 387 g/mol. The van der Waals surface area contributed by atoms with E-state index in [1.54, 1.807) is 13.0 Å². The molecule has 0 bridgehead atoms. The molecule has 9 nitrogen and oxygen atoms in total. The lowest BCUT2D eigenvalue weighted by Gasteiger charge is -2.15. The summed E-state index contributed by atoms with van der Waals surface area (Å²) in [6, 6.07) is 7.03. The molecular weight excluding hydrogens is 374 g/mol. The Labute approximate surface area is 157 Å². The van der Waals surface area contributed by atoms with Gasteiger partial charge in [-0.2, -0.15) is 0 Å². The molecule has 27 heavy (non-hydrogen) atoms. The molecule has 1 aromatic heterocycles. The fourth-order valence-electron chi connectivity index (χ4n) is 2.70. The maximum Gasteiger partial charge on any atom is 0.338 e. The van der Waals surface area contributed by atoms with Crippen LogP contribution in [0.5, 0.6) is 0 Å². The van der Waals surface area contributed by atoms with Crippen molar-refractivity contribution in [2.45, 2.75) is 23.6 Å². The largest absolute Gasteiger partial charge is 0.478 e. The van der Waals surface area contributed by atoms with E-state index in [4.69, 9.17) is 0 Å². The average Bonchev–Trinajstić information content (AvgIpc) is 2.89. The Bertz CT molecular complexity index is 977. The lowest BCUT2D eigenvalue weighted by atomic mass is 10.2. The molecule has 1 N–H and O–H groups in total. The zero-order valence-electron chi connectivity index (χ0n) is 14.0. The molecule has 1 saturated heterocycles. The minimum Gasteiger partial charge on any atom is -0.478 e. The third-order valence-corrected chi connectivity index (χ3v) is 5.13. The zero-order chi connectivity index (χ0) is 19.7. The van der Waals surface area contributed by atoms with Crippen LogP contribution in [0, 0.1) is 17.0 Å². The molecule has 2 heterocycles. The summed E-state index contributed by atoms with van der Waals surface area (Å²) in [4.78, 5) is 51.9. The van der Waals surface area contributed by atoms with E-state index in [0.717, 1.165) is 16.7 Å². The number of rotatable bonds is 5. The number of benzene rings is 1. The van der Waals surface area contributed by atoms with E-state index in [1.165, 1.54) is 30.5 Å². The maximum absolute atomic E-state index is 12.7. The highest BCUT2D eigenvalue weighted by molar-refractivity contribution is 8.00. The van der Waals surface area contributed by atoms with Crippen LogP contribution in [0.3, 0.4) is 0 Å². The number of nitro benzene ring substituents is 1. The lowest BCUT2D eigenvalue weighted by Crippen LogP contribution is -2.31. The van der Waals surface area contributed by atoms with Crippen LogP contribution in [0.15, 0.2) is 41.6 Å². The van der Waals surface area contributed by atoms with Gasteiger partial charge in [-0.1, -0.05) is 17.8 Å². The van der Waals surface area contributed by atoms with Crippen LogP contribution in [-0.4, -0.2) is 38.0 Å². The van der Waals surface area contributed by atoms with Crippen LogP contribution >= 0.6 is 11.8 Å². The SMILES string of the molecule is Cc1ccc(N2C(=O)CC(Sc3ncccc3C(=O)O)C2=O)c([N+](=O)[O-])c1. The van der Waals surface area contributed by atoms with Crippen LogP contribution in [0.2, 0.25) is 0 Å². The fraction of sp³-hybridized carbons (Fsp3) is 0.176. The van der Waals surface area contributed by atoms with Crippen molar-refractivity contribution in [2.24, 2.45) is 0 Å². The number of pyridine rings is 1. The highest BCUT2D eigenvalue weighted by atomic mass is 32.2. The normalized spacial score (nSPS) is 16.6. The molecule has 138 valence electrons. The number of amides is 2. The second-order valence-corrected chi connectivity index (χ2v) is 6.98. The molecular formula is C17H13N3O6S. The number of carbonyl (C=O) groups excluding carboxylic acids is 2. The third kappa shape index (κ3) is 3.51. The van der Waals surface area contributed by atoms with Crippen molar-refractivity contribution in [3.63, 3.8) is 0 Å². The number of carbonyl (C=O) groups is 3. The van der Waals surface area contributed by atoms with E-state index < -0.39 is 28.0 Å². The molecule has 1 aliphatic heterocycles. The van der Waals surface area contributed by atoms with E-state index in [1.807, 2.05) is 0 Å². The standard InChI is InChI=1S/C17H13N3O6S/c1-9-4-5-11(12(7-9)20(25)26)19-14(21)8-13(16(19)22)27-15-10(17(23)24)3-2-6-18-15/h2-7,13H,8H2,1H3,(H,23,24). The Kier molecular flexibility index (Phi) is 4.91. The predicted molar refractivity (Wildman–Crippen MR) is 95.8 cm³/mol. The number of aryl methyl sites for hydroxylation is 1. The summed E-state index contributed by atoms with van der Waals surface area (Å²) in [5.74, 6) is -2.43. The second kappa shape index (κ2) is 7.16. The van der Waals surface area contributed by atoms with Crippen molar-refractivity contribution < 1.29 is 24.4 Å². The smallest absolute Gasteiger partial charge is 0.338 e. The summed E-state index contributed by atoms with van der Waals surface area (Å²) in [7, 11) is 0. The van der Waals surface area contributed by atoms with Gasteiger partial charge < -0.3 is 5.11 Å². The van der Waals surface area contributed by atoms with Crippen LogP contribution in [0.4, 0.5) is 11.4 Å². The van der Waals surface area contributed by atoms with E-state index in [9.17, 15) is 29.6 Å². The number of hydrogen-bond donors (Lipinski definition) is 1. The number of hydrogen-bond acceptors (Lipinski definition) is 7. The van der Waals surface area contributed by atoms with Crippen molar-refractivity contribution >= 4 is 40.9 Å². The lowest BCUT2D eigenvalue weighted by molar-refractivity contribution is -0.384. The molecule has 2 amide bonds. The predicted octanol–water partition coefficient (Wildman–Crippen LogP) is 2.42. The number of carboxylic acids is 1. The van der Waals surface area contributed by atoms with Crippen LogP contribution in [0.1, 0.15) is 22.3 Å². The van der Waals surface area contributed by atoms with Gasteiger partial charge in [0.05, 0.1) is 15.7 Å². The van der Waals surface area contributed by atoms with Gasteiger partial charge in [-0.15, -0.1) is 0 Å². The molecule has 3 rings (SSSR count). The first kappa shape index (κ1) is 18.5. The van der Waals surface area contributed by atoms with E-state index in [-0.39, 0.29) is 28.4 Å². The highest BCUT2D eigenvalue weighted by Crippen LogP contribution is 2.38. The fourth-order valence-corrected chi connectivity index (χ4v) is 3.81. The van der Waals surface area contributed by atoms with Gasteiger partial charge in [-0.05, 0) is 30.7 Å². The summed E-state index contributed by atoms with van der Waals surface area (Å²) in [5.41, 5.74) is 0.104. The van der Waals surface area contributed by atoms with Gasteiger partial charge in [0.25, 0.3) is 5.69 Å². The van der Waals surface area contributed by atoms with Crippen LogP contribution < -0.4 is 4.90 Å². The molecule has 1 aromatic carbocycles. The molecule has 1 unspecified atom stereocenters. The van der Waals surface area contributed by atoms with Crippen molar-refractivity contribution in [1.29, 1.82) is 0 Å². The Morgan fingerprint density at radius 1 is 1.37 bits per heavy atom. The molecule has 0 aliphatic carbocycles. The number of thioether (sulfide) groups is 1. The Balaban J connectivity index is 1.93. The maximum atomic E-state index is 12.7. The summed E-state index contributed by atoms with van der Waals surface area (Å²) in [6.45, 7) is 1.66. The van der Waals surface area contributed by atoms with E-state index >= 15 is 0 Å². The number of nitrogens with zero attached hydrogens (tertiary/aromatic N) is 3. The molecule has 0 spiro atoms. The molecule has 0 radical (unpaired) electrons. The molecule has 1 atom stereocenters. The quantitative estimate of drug-likeness (QED) is 0.470. The number of imide groups is 1. The number of anilines is 1. The van der Waals surface area contributed by atoms with Gasteiger partial charge in [0.15, 0.2) is 0 Å². The van der Waals surface area contributed by atoms with Gasteiger partial charge in [-0.25, -0.2) is 14.7 Å². The molecule has 2 aromatic rings. The topological polar surface area (TPSA) is 131 Å². The number of aromatic nitrogens is 1. The summed E-state index contributed by atoms with van der Waals surface area (Å²) < 4.78 is 0. The van der Waals surface area contributed by atoms with Crippen molar-refractivity contribution in [2.75, 3.05) is 4.90 Å². The van der Waals surface area contributed by atoms with Gasteiger partial charge in [-0.3, -0.25) is 19.7 Å². The van der Waals surface area contributed by atoms with Gasteiger partial charge in [0.1, 0.15) is 10.7 Å². The number of aromatic carboxylic acids is 1. The minimum atomic E-state index is -1.20. The van der Waals surface area contributed by atoms with Gasteiger partial charge in [0.2, 0.25) is 11.8 Å². The van der Waals surface area contributed by atoms with Crippen molar-refractivity contribution in [3.8, 4) is 0 Å². The average molecular weight is 387 g/mol. The first-order chi connectivity index (χ1) is 12.8. The van der Waals surface area contributed by atoms with E-state index in [0.29, 0.717) is 5.56 Å². The summed E-state index contributed by atoms with van der Waals surface area (Å²) in [6.07, 6.45) is 1.18. The highest BCUT2D eigenvalue weighted by Gasteiger charge is 2.43. The molecule has 1 aliphatic rings. The zero-order valence-corrected chi connectivity index (χ0v) is 14.8. The summed E-state index contributed by atoms with van der Waals surface area (Å²) in [5, 5.41) is 19.7. The summed E-state index contributed by atoms with van der Waals surface area (Å²) >= 11 is 0.860. The minimum absolute atomic E-state index is 0.0810. The van der Waals surface area contributed by atoms with Crippen molar-refractivity contribution in [1.82, 2.24) is 4.98 Å². The Hall–Kier alpha value is -3.27. The molecule has 0 saturated carbocycles. The van der Waals surface area contributed by atoms with Crippen molar-refractivity contribution in [3.05, 3.63) is 57.8 Å². The Morgan fingerprint density at radius 2 is 2.11 bits per heavy atom. The first-order valence-electron chi connectivity index (χ1n) is 7.76. The van der Waals surface area contributed by atoms with E-state index in [2.05, 4.69) is 4.98 Å². The van der Waals surface area contributed by atoms with Gasteiger partial charge in [0, 0.05) is 18.7 Å². The number of nitro groups is 1. The first-order valence-corrected chi connectivity index (χ1v) is 8.64. The van der Waals surface area contributed by atoms with Gasteiger partial charge >= 0.3 is 5.97 Å². The molecule has 10 heteroatoms.